The minimum absolute atomic E-state index is 0.0532. The third-order valence-electron chi connectivity index (χ3n) is 1.57. The highest BCUT2D eigenvalue weighted by Gasteiger charge is 2.05. The maximum Gasteiger partial charge on any atom is 0.313 e. The average Bonchev–Trinajstić information content (AvgIpc) is 2.52. The fourth-order valence-electron chi connectivity index (χ4n) is 1.02. The number of anilines is 2. The van der Waals surface area contributed by atoms with Crippen molar-refractivity contribution in [3.63, 3.8) is 0 Å². The summed E-state index contributed by atoms with van der Waals surface area (Å²) in [5.74, 6) is 0.379. The molecule has 13 heavy (non-hydrogen) atoms. The Hall–Kier alpha value is -2.04. The molecule has 2 rings (SSSR count). The number of nitrogens with zero attached hydrogens (tertiary/aromatic N) is 2. The Kier molecular flexibility index (Phi) is 1.63. The molecule has 0 saturated carbocycles. The van der Waals surface area contributed by atoms with E-state index in [0.29, 0.717) is 11.6 Å². The Morgan fingerprint density at radius 1 is 1.15 bits per heavy atom. The largest absolute Gasteiger partial charge is 0.404 e. The van der Waals surface area contributed by atoms with Crippen molar-refractivity contribution in [3.8, 4) is 11.5 Å². The van der Waals surface area contributed by atoms with E-state index < -0.39 is 0 Å². The van der Waals surface area contributed by atoms with Crippen LogP contribution in [0.1, 0.15) is 0 Å². The number of aromatic nitrogens is 2. The van der Waals surface area contributed by atoms with E-state index in [1.165, 1.54) is 0 Å². The second-order valence-corrected chi connectivity index (χ2v) is 2.57. The Morgan fingerprint density at radius 3 is 2.62 bits per heavy atom. The molecule has 0 aliphatic carbocycles. The highest BCUT2D eigenvalue weighted by molar-refractivity contribution is 5.59. The highest BCUT2D eigenvalue weighted by Crippen LogP contribution is 2.20. The lowest BCUT2D eigenvalue weighted by atomic mass is 10.2. The van der Waals surface area contributed by atoms with Crippen molar-refractivity contribution in [2.24, 2.45) is 0 Å². The first-order valence-electron chi connectivity index (χ1n) is 3.70. The van der Waals surface area contributed by atoms with Crippen LogP contribution in [0.5, 0.6) is 0 Å². The van der Waals surface area contributed by atoms with Gasteiger partial charge >= 0.3 is 6.01 Å². The van der Waals surface area contributed by atoms with Gasteiger partial charge in [-0.2, -0.15) is 0 Å². The normalized spacial score (nSPS) is 10.2. The number of nitrogen functional groups attached to an aromatic ring is 2. The van der Waals surface area contributed by atoms with E-state index in [1.54, 1.807) is 12.1 Å². The minimum Gasteiger partial charge on any atom is -0.404 e. The molecule has 0 unspecified atom stereocenters. The van der Waals surface area contributed by atoms with Gasteiger partial charge in [0.15, 0.2) is 0 Å². The summed E-state index contributed by atoms with van der Waals surface area (Å²) in [6.45, 7) is 0. The topological polar surface area (TPSA) is 91.0 Å². The summed E-state index contributed by atoms with van der Waals surface area (Å²) in [4.78, 5) is 0. The molecule has 0 radical (unpaired) electrons. The van der Waals surface area contributed by atoms with Gasteiger partial charge in [0.2, 0.25) is 5.89 Å². The smallest absolute Gasteiger partial charge is 0.313 e. The molecule has 0 amide bonds. The second kappa shape index (κ2) is 2.78. The van der Waals surface area contributed by atoms with Crippen LogP contribution in [-0.2, 0) is 0 Å². The predicted octanol–water partition coefficient (Wildman–Crippen LogP) is 0.901. The summed E-state index contributed by atoms with van der Waals surface area (Å²) in [6.07, 6.45) is 0. The predicted molar refractivity (Wildman–Crippen MR) is 48.6 cm³/mol. The molecular weight excluding hydrogens is 168 g/mol. The maximum absolute atomic E-state index is 5.58. The Bertz CT molecular complexity index is 424. The fourth-order valence-corrected chi connectivity index (χ4v) is 1.02. The van der Waals surface area contributed by atoms with Crippen molar-refractivity contribution in [2.75, 3.05) is 11.5 Å². The Labute approximate surface area is 74.4 Å². The molecule has 1 aromatic heterocycles. The van der Waals surface area contributed by atoms with E-state index in [4.69, 9.17) is 15.9 Å². The number of benzene rings is 1. The third-order valence-corrected chi connectivity index (χ3v) is 1.57. The van der Waals surface area contributed by atoms with E-state index in [1.807, 2.05) is 12.1 Å². The average molecular weight is 176 g/mol. The van der Waals surface area contributed by atoms with Crippen LogP contribution in [0.4, 0.5) is 11.7 Å². The number of hydrogen-bond acceptors (Lipinski definition) is 5. The van der Waals surface area contributed by atoms with Crippen molar-refractivity contribution < 1.29 is 4.42 Å². The van der Waals surface area contributed by atoms with Gasteiger partial charge in [0.05, 0.1) is 0 Å². The van der Waals surface area contributed by atoms with Gasteiger partial charge in [-0.1, -0.05) is 11.2 Å². The van der Waals surface area contributed by atoms with E-state index in [9.17, 15) is 0 Å². The van der Waals surface area contributed by atoms with Gasteiger partial charge < -0.3 is 15.9 Å². The summed E-state index contributed by atoms with van der Waals surface area (Å²) in [6, 6.07) is 7.21. The molecule has 0 atom stereocenters. The molecule has 0 fully saturated rings. The molecule has 2 aromatic rings. The molecule has 1 aromatic carbocycles. The number of rotatable bonds is 1. The van der Waals surface area contributed by atoms with E-state index in [2.05, 4.69) is 10.2 Å². The van der Waals surface area contributed by atoms with E-state index >= 15 is 0 Å². The van der Waals surface area contributed by atoms with Crippen LogP contribution in [0.15, 0.2) is 28.7 Å². The monoisotopic (exact) mass is 176 g/mol. The van der Waals surface area contributed by atoms with Crippen LogP contribution in [0.25, 0.3) is 11.5 Å². The Morgan fingerprint density at radius 2 is 2.00 bits per heavy atom. The van der Waals surface area contributed by atoms with Crippen molar-refractivity contribution in [1.82, 2.24) is 10.2 Å². The van der Waals surface area contributed by atoms with Gasteiger partial charge in [-0.15, -0.1) is 5.10 Å². The lowest BCUT2D eigenvalue weighted by Gasteiger charge is -1.95. The quantitative estimate of drug-likeness (QED) is 0.630. The first kappa shape index (κ1) is 7.60. The van der Waals surface area contributed by atoms with Crippen LogP contribution in [0, 0.1) is 0 Å². The standard InChI is InChI=1S/C8H8N4O/c9-6-3-1-2-5(4-6)7-11-12-8(10)13-7/h1-4H,9H2,(H2,10,12). The third kappa shape index (κ3) is 1.44. The van der Waals surface area contributed by atoms with Gasteiger partial charge in [-0.25, -0.2) is 0 Å². The molecule has 0 spiro atoms. The number of hydrogen-bond donors (Lipinski definition) is 2. The lowest BCUT2D eigenvalue weighted by Crippen LogP contribution is -1.84. The van der Waals surface area contributed by atoms with Gasteiger partial charge in [-0.05, 0) is 18.2 Å². The zero-order valence-electron chi connectivity index (χ0n) is 6.77. The first-order valence-corrected chi connectivity index (χ1v) is 3.70. The van der Waals surface area contributed by atoms with E-state index in [-0.39, 0.29) is 6.01 Å². The molecule has 5 heteroatoms. The van der Waals surface area contributed by atoms with Crippen molar-refractivity contribution in [1.29, 1.82) is 0 Å². The van der Waals surface area contributed by atoms with Crippen molar-refractivity contribution in [2.45, 2.75) is 0 Å². The number of nitrogens with two attached hydrogens (primary N) is 2. The van der Waals surface area contributed by atoms with Crippen molar-refractivity contribution in [3.05, 3.63) is 24.3 Å². The highest BCUT2D eigenvalue weighted by atomic mass is 16.4. The van der Waals surface area contributed by atoms with Crippen LogP contribution < -0.4 is 11.5 Å². The zero-order valence-corrected chi connectivity index (χ0v) is 6.77. The van der Waals surface area contributed by atoms with Crippen molar-refractivity contribution >= 4 is 11.7 Å². The minimum atomic E-state index is 0.0532. The Balaban J connectivity index is 2.46. The van der Waals surface area contributed by atoms with Gasteiger partial charge in [-0.3, -0.25) is 0 Å². The molecule has 0 aliphatic heterocycles. The fraction of sp³-hybridized carbons (Fsp3) is 0. The molecule has 66 valence electrons. The molecular formula is C8H8N4O. The summed E-state index contributed by atoms with van der Waals surface area (Å²) < 4.78 is 5.02. The maximum atomic E-state index is 5.58. The van der Waals surface area contributed by atoms with Crippen LogP contribution >= 0.6 is 0 Å². The van der Waals surface area contributed by atoms with Gasteiger partial charge in [0.25, 0.3) is 0 Å². The molecule has 4 N–H and O–H groups in total. The first-order chi connectivity index (χ1) is 6.25. The second-order valence-electron chi connectivity index (χ2n) is 2.57. The zero-order chi connectivity index (χ0) is 9.26. The van der Waals surface area contributed by atoms with E-state index in [0.717, 1.165) is 5.56 Å². The summed E-state index contributed by atoms with van der Waals surface area (Å²) >= 11 is 0. The molecule has 0 bridgehead atoms. The van der Waals surface area contributed by atoms with Crippen LogP contribution in [0.3, 0.4) is 0 Å². The van der Waals surface area contributed by atoms with Crippen LogP contribution in [0.2, 0.25) is 0 Å². The molecule has 0 saturated heterocycles. The summed E-state index contributed by atoms with van der Waals surface area (Å²) in [5.41, 5.74) is 12.3. The SMILES string of the molecule is Nc1cccc(-c2nnc(N)o2)c1. The summed E-state index contributed by atoms with van der Waals surface area (Å²) in [5, 5.41) is 7.27. The summed E-state index contributed by atoms with van der Waals surface area (Å²) in [7, 11) is 0. The molecule has 0 aliphatic rings. The molecule has 1 heterocycles. The lowest BCUT2D eigenvalue weighted by molar-refractivity contribution is 0.590. The van der Waals surface area contributed by atoms with Crippen LogP contribution in [-0.4, -0.2) is 10.2 Å². The molecule has 5 nitrogen and oxygen atoms in total. The van der Waals surface area contributed by atoms with Gasteiger partial charge in [0, 0.05) is 11.3 Å². The van der Waals surface area contributed by atoms with Gasteiger partial charge in [0.1, 0.15) is 0 Å².